The third kappa shape index (κ3) is 3.96. The van der Waals surface area contributed by atoms with Crippen LogP contribution in [0.5, 0.6) is 11.5 Å². The summed E-state index contributed by atoms with van der Waals surface area (Å²) in [6, 6.07) is 11.6. The van der Waals surface area contributed by atoms with Crippen molar-refractivity contribution >= 4 is 15.7 Å². The lowest BCUT2D eigenvalue weighted by Gasteiger charge is -2.14. The highest BCUT2D eigenvalue weighted by Gasteiger charge is 2.18. The Morgan fingerprint density at radius 2 is 1.61 bits per heavy atom. The van der Waals surface area contributed by atoms with Gasteiger partial charge in [-0.05, 0) is 53.9 Å². The van der Waals surface area contributed by atoms with E-state index >= 15 is 0 Å². The molecule has 0 aliphatic carbocycles. The predicted octanol–water partition coefficient (Wildman–Crippen LogP) is 3.63. The topological polar surface area (TPSA) is 64.6 Å². The fourth-order valence-electron chi connectivity index (χ4n) is 2.20. The van der Waals surface area contributed by atoms with Gasteiger partial charge in [0.25, 0.3) is 10.0 Å². The molecule has 0 unspecified atom stereocenters. The van der Waals surface area contributed by atoms with Crippen LogP contribution in [0.25, 0.3) is 0 Å². The van der Waals surface area contributed by atoms with Gasteiger partial charge in [0.2, 0.25) is 0 Å². The third-order valence-corrected chi connectivity index (χ3v) is 4.85. The van der Waals surface area contributed by atoms with Crippen molar-refractivity contribution in [3.63, 3.8) is 0 Å². The van der Waals surface area contributed by atoms with E-state index in [9.17, 15) is 8.42 Å². The summed E-state index contributed by atoms with van der Waals surface area (Å²) >= 11 is 0. The quantitative estimate of drug-likeness (QED) is 0.875. The van der Waals surface area contributed by atoms with Gasteiger partial charge in [-0.3, -0.25) is 4.72 Å². The normalized spacial score (nSPS) is 11.3. The van der Waals surface area contributed by atoms with Crippen LogP contribution in [0.2, 0.25) is 0 Å². The molecule has 6 heteroatoms. The van der Waals surface area contributed by atoms with Crippen molar-refractivity contribution in [2.24, 2.45) is 0 Å². The summed E-state index contributed by atoms with van der Waals surface area (Å²) < 4.78 is 38.0. The van der Waals surface area contributed by atoms with E-state index in [4.69, 9.17) is 9.47 Å². The lowest BCUT2D eigenvalue weighted by Crippen LogP contribution is -2.13. The van der Waals surface area contributed by atoms with Gasteiger partial charge in [0.05, 0.1) is 19.1 Å². The summed E-state index contributed by atoms with van der Waals surface area (Å²) in [6.07, 6.45) is 0. The van der Waals surface area contributed by atoms with Crippen LogP contribution in [0, 0.1) is 0 Å². The second-order valence-corrected chi connectivity index (χ2v) is 7.07. The molecular formula is C17H21NO4S. The fraction of sp³-hybridized carbons (Fsp3) is 0.294. The first kappa shape index (κ1) is 17.1. The molecule has 0 spiro atoms. The number of anilines is 1. The number of hydrogen-bond donors (Lipinski definition) is 1. The van der Waals surface area contributed by atoms with E-state index in [-0.39, 0.29) is 10.8 Å². The molecule has 0 fully saturated rings. The monoisotopic (exact) mass is 335 g/mol. The highest BCUT2D eigenvalue weighted by Crippen LogP contribution is 2.29. The molecule has 124 valence electrons. The Balaban J connectivity index is 2.33. The Labute approximate surface area is 137 Å². The van der Waals surface area contributed by atoms with Crippen molar-refractivity contribution in [2.45, 2.75) is 24.7 Å². The maximum absolute atomic E-state index is 12.5. The Bertz CT molecular complexity index is 768. The van der Waals surface area contributed by atoms with Crippen LogP contribution in [-0.2, 0) is 10.0 Å². The van der Waals surface area contributed by atoms with Gasteiger partial charge in [-0.1, -0.05) is 13.8 Å². The molecule has 2 rings (SSSR count). The van der Waals surface area contributed by atoms with Gasteiger partial charge in [-0.25, -0.2) is 8.42 Å². The molecule has 0 bridgehead atoms. The molecule has 2 aromatic rings. The summed E-state index contributed by atoms with van der Waals surface area (Å²) in [6.45, 7) is 3.98. The third-order valence-electron chi connectivity index (χ3n) is 3.48. The molecule has 0 aromatic heterocycles. The van der Waals surface area contributed by atoms with Crippen LogP contribution in [0.1, 0.15) is 25.3 Å². The van der Waals surface area contributed by atoms with E-state index in [1.807, 2.05) is 13.8 Å². The molecule has 0 saturated heterocycles. The van der Waals surface area contributed by atoms with Crippen molar-refractivity contribution in [3.8, 4) is 11.5 Å². The van der Waals surface area contributed by atoms with Crippen molar-refractivity contribution in [1.29, 1.82) is 0 Å². The highest BCUT2D eigenvalue weighted by atomic mass is 32.2. The van der Waals surface area contributed by atoms with Gasteiger partial charge in [0.15, 0.2) is 0 Å². The van der Waals surface area contributed by atoms with Gasteiger partial charge in [-0.15, -0.1) is 0 Å². The SMILES string of the molecule is COc1ccc(NS(=O)(=O)c2ccc(OC)c(C(C)C)c2)cc1. The Morgan fingerprint density at radius 1 is 0.957 bits per heavy atom. The number of hydrogen-bond acceptors (Lipinski definition) is 4. The van der Waals surface area contributed by atoms with Crippen LogP contribution >= 0.6 is 0 Å². The number of methoxy groups -OCH3 is 2. The first-order valence-corrected chi connectivity index (χ1v) is 8.70. The van der Waals surface area contributed by atoms with Crippen LogP contribution in [-0.4, -0.2) is 22.6 Å². The molecule has 0 saturated carbocycles. The molecule has 0 heterocycles. The molecule has 0 aliphatic heterocycles. The van der Waals surface area contributed by atoms with Crippen LogP contribution in [0.3, 0.4) is 0 Å². The summed E-state index contributed by atoms with van der Waals surface area (Å²) in [5, 5.41) is 0. The highest BCUT2D eigenvalue weighted by molar-refractivity contribution is 7.92. The predicted molar refractivity (Wildman–Crippen MR) is 90.9 cm³/mol. The van der Waals surface area contributed by atoms with Crippen LogP contribution in [0.4, 0.5) is 5.69 Å². The lowest BCUT2D eigenvalue weighted by molar-refractivity contribution is 0.407. The molecular weight excluding hydrogens is 314 g/mol. The second-order valence-electron chi connectivity index (χ2n) is 5.39. The average Bonchev–Trinajstić information content (AvgIpc) is 2.54. The zero-order valence-corrected chi connectivity index (χ0v) is 14.5. The molecule has 23 heavy (non-hydrogen) atoms. The first-order valence-electron chi connectivity index (χ1n) is 7.22. The van der Waals surface area contributed by atoms with Crippen molar-refractivity contribution in [2.75, 3.05) is 18.9 Å². The fourth-order valence-corrected chi connectivity index (χ4v) is 3.30. The van der Waals surface area contributed by atoms with E-state index in [1.165, 1.54) is 6.07 Å². The van der Waals surface area contributed by atoms with Gasteiger partial charge < -0.3 is 9.47 Å². The van der Waals surface area contributed by atoms with Crippen molar-refractivity contribution < 1.29 is 17.9 Å². The molecule has 1 N–H and O–H groups in total. The van der Waals surface area contributed by atoms with Crippen molar-refractivity contribution in [3.05, 3.63) is 48.0 Å². The summed E-state index contributed by atoms with van der Waals surface area (Å²) in [5.74, 6) is 1.50. The van der Waals surface area contributed by atoms with E-state index in [0.29, 0.717) is 17.2 Å². The molecule has 0 atom stereocenters. The number of sulfonamides is 1. The zero-order chi connectivity index (χ0) is 17.0. The summed E-state index contributed by atoms with van der Waals surface area (Å²) in [5.41, 5.74) is 1.33. The lowest BCUT2D eigenvalue weighted by atomic mass is 10.0. The number of rotatable bonds is 6. The number of nitrogens with one attached hydrogen (secondary N) is 1. The summed E-state index contributed by atoms with van der Waals surface area (Å²) in [4.78, 5) is 0.206. The Morgan fingerprint density at radius 3 is 2.13 bits per heavy atom. The van der Waals surface area contributed by atoms with Crippen molar-refractivity contribution in [1.82, 2.24) is 0 Å². The zero-order valence-electron chi connectivity index (χ0n) is 13.7. The Hall–Kier alpha value is -2.21. The first-order chi connectivity index (χ1) is 10.9. The molecule has 0 radical (unpaired) electrons. The number of benzene rings is 2. The Kier molecular flexibility index (Phi) is 5.15. The van der Waals surface area contributed by atoms with Crippen LogP contribution < -0.4 is 14.2 Å². The van der Waals surface area contributed by atoms with E-state index < -0.39 is 10.0 Å². The van der Waals surface area contributed by atoms with E-state index in [2.05, 4.69) is 4.72 Å². The largest absolute Gasteiger partial charge is 0.497 e. The molecule has 5 nitrogen and oxygen atoms in total. The summed E-state index contributed by atoms with van der Waals surface area (Å²) in [7, 11) is -0.526. The van der Waals surface area contributed by atoms with Gasteiger partial charge in [0, 0.05) is 5.69 Å². The van der Waals surface area contributed by atoms with E-state index in [1.54, 1.807) is 50.6 Å². The van der Waals surface area contributed by atoms with Gasteiger partial charge >= 0.3 is 0 Å². The van der Waals surface area contributed by atoms with E-state index in [0.717, 1.165) is 5.56 Å². The minimum absolute atomic E-state index is 0.154. The number of ether oxygens (including phenoxy) is 2. The minimum atomic E-state index is -3.66. The maximum atomic E-state index is 12.5. The molecule has 0 aliphatic rings. The molecule has 0 amide bonds. The maximum Gasteiger partial charge on any atom is 0.261 e. The second kappa shape index (κ2) is 6.91. The minimum Gasteiger partial charge on any atom is -0.497 e. The average molecular weight is 335 g/mol. The van der Waals surface area contributed by atoms with Gasteiger partial charge in [0.1, 0.15) is 11.5 Å². The molecule has 2 aromatic carbocycles. The van der Waals surface area contributed by atoms with Gasteiger partial charge in [-0.2, -0.15) is 0 Å². The van der Waals surface area contributed by atoms with Crippen LogP contribution in [0.15, 0.2) is 47.4 Å². The smallest absolute Gasteiger partial charge is 0.261 e. The standard InChI is InChI=1S/C17H21NO4S/c1-12(2)16-11-15(9-10-17(16)22-4)23(19,20)18-13-5-7-14(21-3)8-6-13/h5-12,18H,1-4H3.